The molecule has 0 unspecified atom stereocenters. The number of amidine groups is 1. The third kappa shape index (κ3) is 3.54. The molecule has 0 saturated carbocycles. The predicted molar refractivity (Wildman–Crippen MR) is 153 cm³/mol. The number of anilines is 2. The first kappa shape index (κ1) is 22.1. The molecule has 0 radical (unpaired) electrons. The molecule has 36 heavy (non-hydrogen) atoms. The lowest BCUT2D eigenvalue weighted by molar-refractivity contribution is -0.405. The molecule has 5 aromatic carbocycles. The number of aryl methyl sites for hydroxylation is 1. The first-order chi connectivity index (χ1) is 17.6. The number of para-hydroxylation sites is 3. The van der Waals surface area contributed by atoms with Gasteiger partial charge in [0.1, 0.15) is 17.1 Å². The molecule has 0 aliphatic carbocycles. The molecule has 1 heterocycles. The SMILES string of the molecule is CC1=[N+](C)c2ccccc2-c2ccccc2-c2ccccc2-c2ccccc2N1c1ccccc1C. The summed E-state index contributed by atoms with van der Waals surface area (Å²) in [5.41, 5.74) is 12.1. The average molecular weight is 466 g/mol. The highest BCUT2D eigenvalue weighted by Crippen LogP contribution is 2.45. The van der Waals surface area contributed by atoms with Crippen LogP contribution < -0.4 is 4.90 Å². The van der Waals surface area contributed by atoms with Crippen LogP contribution in [0.15, 0.2) is 121 Å². The Hall–Kier alpha value is -4.43. The zero-order chi connectivity index (χ0) is 24.6. The molecule has 0 fully saturated rings. The third-order valence-corrected chi connectivity index (χ3v) is 7.30. The lowest BCUT2D eigenvalue weighted by atomic mass is 9.88. The van der Waals surface area contributed by atoms with E-state index in [1.807, 2.05) is 0 Å². The van der Waals surface area contributed by atoms with Crippen molar-refractivity contribution in [2.24, 2.45) is 0 Å². The van der Waals surface area contributed by atoms with Crippen LogP contribution in [-0.4, -0.2) is 17.5 Å². The molecule has 0 saturated heterocycles. The van der Waals surface area contributed by atoms with Gasteiger partial charge in [0.15, 0.2) is 0 Å². The Morgan fingerprint density at radius 1 is 0.444 bits per heavy atom. The first-order valence-electron chi connectivity index (χ1n) is 12.5. The van der Waals surface area contributed by atoms with Crippen molar-refractivity contribution < 1.29 is 4.58 Å². The fourth-order valence-corrected chi connectivity index (χ4v) is 5.41. The van der Waals surface area contributed by atoms with Crippen LogP contribution in [0, 0.1) is 6.92 Å². The zero-order valence-electron chi connectivity index (χ0n) is 20.9. The molecule has 174 valence electrons. The van der Waals surface area contributed by atoms with E-state index >= 15 is 0 Å². The van der Waals surface area contributed by atoms with Gasteiger partial charge in [0.25, 0.3) is 5.84 Å². The first-order valence-corrected chi connectivity index (χ1v) is 12.5. The van der Waals surface area contributed by atoms with Crippen molar-refractivity contribution in [1.82, 2.24) is 0 Å². The van der Waals surface area contributed by atoms with Crippen molar-refractivity contribution in [3.05, 3.63) is 127 Å². The van der Waals surface area contributed by atoms with Gasteiger partial charge in [-0.05, 0) is 52.9 Å². The second-order valence-corrected chi connectivity index (χ2v) is 9.35. The van der Waals surface area contributed by atoms with Gasteiger partial charge in [0.05, 0.1) is 7.05 Å². The number of rotatable bonds is 1. The number of hydrogen-bond donors (Lipinski definition) is 0. The monoisotopic (exact) mass is 465 g/mol. The quantitative estimate of drug-likeness (QED) is 0.224. The highest BCUT2D eigenvalue weighted by molar-refractivity contribution is 6.07. The fourth-order valence-electron chi connectivity index (χ4n) is 5.41. The highest BCUT2D eigenvalue weighted by atomic mass is 15.2. The molecule has 5 aromatic rings. The van der Waals surface area contributed by atoms with Crippen LogP contribution >= 0.6 is 0 Å². The normalized spacial score (nSPS) is 12.7. The van der Waals surface area contributed by atoms with E-state index in [0.29, 0.717) is 0 Å². The van der Waals surface area contributed by atoms with Gasteiger partial charge in [-0.3, -0.25) is 0 Å². The van der Waals surface area contributed by atoms with Gasteiger partial charge in [0.2, 0.25) is 0 Å². The summed E-state index contributed by atoms with van der Waals surface area (Å²) < 4.78 is 2.32. The largest absolute Gasteiger partial charge is 0.258 e. The summed E-state index contributed by atoms with van der Waals surface area (Å²) in [7, 11) is 2.18. The van der Waals surface area contributed by atoms with Crippen molar-refractivity contribution >= 4 is 22.9 Å². The van der Waals surface area contributed by atoms with Gasteiger partial charge >= 0.3 is 0 Å². The van der Waals surface area contributed by atoms with E-state index in [1.165, 1.54) is 56.0 Å². The van der Waals surface area contributed by atoms with Crippen molar-refractivity contribution in [2.75, 3.05) is 11.9 Å². The third-order valence-electron chi connectivity index (χ3n) is 7.30. The molecule has 2 heteroatoms. The van der Waals surface area contributed by atoms with Gasteiger partial charge in [-0.1, -0.05) is 103 Å². The summed E-state index contributed by atoms with van der Waals surface area (Å²) in [5.74, 6) is 1.14. The molecule has 0 N–H and O–H groups in total. The van der Waals surface area contributed by atoms with Crippen molar-refractivity contribution in [1.29, 1.82) is 0 Å². The topological polar surface area (TPSA) is 6.25 Å². The molecule has 1 aliphatic rings. The molecule has 1 aliphatic heterocycles. The standard InChI is InChI=1S/C34H29N2/c1-24-14-4-11-21-32(24)36-25(2)35(3)33-22-12-9-19-30(33)28-17-7-5-15-26(28)27-16-6-8-18-29(27)31-20-10-13-23-34(31)36/h4-23H,1-3H3/q+1. The Bertz CT molecular complexity index is 1630. The number of fused-ring (bicyclic) bond motifs is 7. The smallest absolute Gasteiger partial charge is 0.233 e. The van der Waals surface area contributed by atoms with Crippen molar-refractivity contribution in [2.45, 2.75) is 13.8 Å². The molecule has 6 rings (SSSR count). The maximum Gasteiger partial charge on any atom is 0.258 e. The minimum Gasteiger partial charge on any atom is -0.233 e. The molecule has 0 spiro atoms. The minimum absolute atomic E-state index is 1.14. The van der Waals surface area contributed by atoms with Crippen LogP contribution in [0.25, 0.3) is 33.4 Å². The second-order valence-electron chi connectivity index (χ2n) is 9.35. The van der Waals surface area contributed by atoms with Gasteiger partial charge < -0.3 is 0 Å². The minimum atomic E-state index is 1.14. The van der Waals surface area contributed by atoms with E-state index in [0.717, 1.165) is 5.84 Å². The van der Waals surface area contributed by atoms with Crippen LogP contribution in [0.4, 0.5) is 17.1 Å². The predicted octanol–water partition coefficient (Wildman–Crippen LogP) is 8.84. The Balaban J connectivity index is 1.81. The Labute approximate surface area is 213 Å². The Morgan fingerprint density at radius 3 is 1.47 bits per heavy atom. The summed E-state index contributed by atoms with van der Waals surface area (Å²) >= 11 is 0. The van der Waals surface area contributed by atoms with Crippen LogP contribution in [0.5, 0.6) is 0 Å². The Kier molecular flexibility index (Phi) is 5.50. The van der Waals surface area contributed by atoms with Gasteiger partial charge in [0, 0.05) is 18.1 Å². The molecule has 2 nitrogen and oxygen atoms in total. The van der Waals surface area contributed by atoms with Gasteiger partial charge in [-0.15, -0.1) is 0 Å². The van der Waals surface area contributed by atoms with E-state index in [2.05, 4.69) is 152 Å². The second kappa shape index (κ2) is 8.98. The maximum absolute atomic E-state index is 2.41. The summed E-state index contributed by atoms with van der Waals surface area (Å²) in [4.78, 5) is 2.41. The molecular formula is C34H29N2+. The van der Waals surface area contributed by atoms with Gasteiger partial charge in [-0.2, -0.15) is 4.90 Å². The summed E-state index contributed by atoms with van der Waals surface area (Å²) in [6.07, 6.45) is 0. The maximum atomic E-state index is 2.41. The fraction of sp³-hybridized carbons (Fsp3) is 0.0882. The van der Waals surface area contributed by atoms with Crippen LogP contribution in [0.2, 0.25) is 0 Å². The number of hydrogen-bond acceptors (Lipinski definition) is 1. The van der Waals surface area contributed by atoms with E-state index < -0.39 is 0 Å². The van der Waals surface area contributed by atoms with E-state index in [4.69, 9.17) is 0 Å². The Morgan fingerprint density at radius 2 is 0.861 bits per heavy atom. The number of nitrogens with zero attached hydrogens (tertiary/aromatic N) is 2. The van der Waals surface area contributed by atoms with Crippen LogP contribution in [0.1, 0.15) is 12.5 Å². The number of benzene rings is 5. The molecule has 0 aromatic heterocycles. The molecule has 0 bridgehead atoms. The van der Waals surface area contributed by atoms with Gasteiger partial charge in [-0.25, -0.2) is 4.58 Å². The average Bonchev–Trinajstić information content (AvgIpc) is 2.94. The van der Waals surface area contributed by atoms with E-state index in [-0.39, 0.29) is 0 Å². The van der Waals surface area contributed by atoms with E-state index in [1.54, 1.807) is 0 Å². The lowest BCUT2D eigenvalue weighted by Crippen LogP contribution is -2.30. The highest BCUT2D eigenvalue weighted by Gasteiger charge is 2.30. The van der Waals surface area contributed by atoms with E-state index in [9.17, 15) is 0 Å². The molecular weight excluding hydrogens is 436 g/mol. The summed E-state index contributed by atoms with van der Waals surface area (Å²) in [6, 6.07) is 43.7. The zero-order valence-corrected chi connectivity index (χ0v) is 20.9. The van der Waals surface area contributed by atoms with Crippen LogP contribution in [-0.2, 0) is 0 Å². The lowest BCUT2D eigenvalue weighted by Gasteiger charge is -2.23. The molecule has 0 atom stereocenters. The molecule has 0 amide bonds. The summed E-state index contributed by atoms with van der Waals surface area (Å²) in [5, 5.41) is 0. The van der Waals surface area contributed by atoms with Crippen LogP contribution in [0.3, 0.4) is 0 Å². The summed E-state index contributed by atoms with van der Waals surface area (Å²) in [6.45, 7) is 4.41. The van der Waals surface area contributed by atoms with Crippen molar-refractivity contribution in [3.8, 4) is 33.4 Å². The van der Waals surface area contributed by atoms with Crippen molar-refractivity contribution in [3.63, 3.8) is 0 Å².